The van der Waals surface area contributed by atoms with E-state index in [4.69, 9.17) is 5.73 Å². The van der Waals surface area contributed by atoms with E-state index in [2.05, 4.69) is 5.32 Å². The zero-order valence-electron chi connectivity index (χ0n) is 11.7. The number of nitrogens with two attached hydrogens (primary N) is 1. The highest BCUT2D eigenvalue weighted by Gasteiger charge is 2.21. The Morgan fingerprint density at radius 3 is 2.18 bits per heavy atom. The van der Waals surface area contributed by atoms with E-state index >= 15 is 0 Å². The van der Waals surface area contributed by atoms with E-state index < -0.39 is 17.9 Å². The van der Waals surface area contributed by atoms with Gasteiger partial charge in [0.1, 0.15) is 11.8 Å². The molecule has 0 saturated carbocycles. The third-order valence-corrected chi connectivity index (χ3v) is 3.15. The van der Waals surface area contributed by atoms with Crippen LogP contribution in [0.3, 0.4) is 0 Å². The lowest BCUT2D eigenvalue weighted by Gasteiger charge is -2.15. The van der Waals surface area contributed by atoms with Gasteiger partial charge in [-0.25, -0.2) is 4.79 Å². The van der Waals surface area contributed by atoms with E-state index in [9.17, 15) is 19.8 Å². The largest absolute Gasteiger partial charge is 0.508 e. The molecule has 0 heterocycles. The number of carboxylic acids is 1. The van der Waals surface area contributed by atoms with Crippen LogP contribution in [0.5, 0.6) is 5.75 Å². The molecule has 0 radical (unpaired) electrons. The summed E-state index contributed by atoms with van der Waals surface area (Å²) in [5.41, 5.74) is 7.10. The Morgan fingerprint density at radius 2 is 1.64 bits per heavy atom. The van der Waals surface area contributed by atoms with Gasteiger partial charge in [0, 0.05) is 17.7 Å². The number of amides is 1. The summed E-state index contributed by atoms with van der Waals surface area (Å²) in [6.07, 6.45) is 0.121. The molecule has 6 nitrogen and oxygen atoms in total. The average molecular weight is 300 g/mol. The summed E-state index contributed by atoms with van der Waals surface area (Å²) in [5.74, 6) is -1.51. The molecule has 1 amide bonds. The number of nitrogens with one attached hydrogen (secondary N) is 1. The van der Waals surface area contributed by atoms with Crippen LogP contribution in [0.4, 0.5) is 5.69 Å². The number of nitrogen functional groups attached to an aromatic ring is 1. The van der Waals surface area contributed by atoms with E-state index in [1.165, 1.54) is 24.3 Å². The van der Waals surface area contributed by atoms with Crippen molar-refractivity contribution in [3.05, 3.63) is 59.7 Å². The minimum Gasteiger partial charge on any atom is -0.508 e. The Labute approximate surface area is 127 Å². The second-order valence-corrected chi connectivity index (χ2v) is 4.86. The molecule has 0 spiro atoms. The summed E-state index contributed by atoms with van der Waals surface area (Å²) < 4.78 is 0. The fraction of sp³-hybridized carbons (Fsp3) is 0.125. The predicted octanol–water partition coefficient (Wildman–Crippen LogP) is 1.40. The van der Waals surface area contributed by atoms with Crippen molar-refractivity contribution in [1.29, 1.82) is 0 Å². The van der Waals surface area contributed by atoms with Crippen LogP contribution in [0.1, 0.15) is 15.9 Å². The first kappa shape index (κ1) is 15.4. The summed E-state index contributed by atoms with van der Waals surface area (Å²) in [4.78, 5) is 23.4. The summed E-state index contributed by atoms with van der Waals surface area (Å²) in [6, 6.07) is 11.3. The number of hydrogen-bond acceptors (Lipinski definition) is 4. The van der Waals surface area contributed by atoms with Crippen molar-refractivity contribution in [3.8, 4) is 5.75 Å². The van der Waals surface area contributed by atoms with Crippen LogP contribution in [-0.4, -0.2) is 28.1 Å². The Bertz CT molecular complexity index is 666. The van der Waals surface area contributed by atoms with Gasteiger partial charge in [-0.3, -0.25) is 4.79 Å². The third kappa shape index (κ3) is 3.99. The first-order valence-corrected chi connectivity index (χ1v) is 6.63. The summed E-state index contributed by atoms with van der Waals surface area (Å²) in [5, 5.41) is 20.9. The molecule has 0 aliphatic carbocycles. The van der Waals surface area contributed by atoms with E-state index in [1.54, 1.807) is 24.3 Å². The quantitative estimate of drug-likeness (QED) is 0.623. The van der Waals surface area contributed by atoms with Gasteiger partial charge in [0.25, 0.3) is 5.91 Å². The number of rotatable bonds is 5. The van der Waals surface area contributed by atoms with E-state index in [0.29, 0.717) is 16.8 Å². The molecule has 2 aromatic carbocycles. The number of carbonyl (C=O) groups excluding carboxylic acids is 1. The third-order valence-electron chi connectivity index (χ3n) is 3.15. The van der Waals surface area contributed by atoms with Crippen LogP contribution in [0.2, 0.25) is 0 Å². The van der Waals surface area contributed by atoms with Crippen molar-refractivity contribution in [2.24, 2.45) is 0 Å². The Morgan fingerprint density at radius 1 is 1.05 bits per heavy atom. The highest BCUT2D eigenvalue weighted by molar-refractivity contribution is 5.96. The van der Waals surface area contributed by atoms with Gasteiger partial charge in [-0.2, -0.15) is 0 Å². The zero-order chi connectivity index (χ0) is 16.1. The first-order valence-electron chi connectivity index (χ1n) is 6.63. The van der Waals surface area contributed by atoms with Crippen LogP contribution in [-0.2, 0) is 11.2 Å². The highest BCUT2D eigenvalue weighted by atomic mass is 16.4. The van der Waals surface area contributed by atoms with Crippen molar-refractivity contribution in [2.75, 3.05) is 5.73 Å². The minimum absolute atomic E-state index is 0.0986. The van der Waals surface area contributed by atoms with Gasteiger partial charge in [-0.05, 0) is 42.0 Å². The number of anilines is 1. The lowest BCUT2D eigenvalue weighted by molar-refractivity contribution is -0.139. The number of benzene rings is 2. The molecule has 0 saturated heterocycles. The second kappa shape index (κ2) is 6.62. The Kier molecular flexibility index (Phi) is 4.63. The van der Waals surface area contributed by atoms with Crippen LogP contribution in [0.25, 0.3) is 0 Å². The van der Waals surface area contributed by atoms with Gasteiger partial charge in [-0.15, -0.1) is 0 Å². The molecule has 6 heteroatoms. The van der Waals surface area contributed by atoms with E-state index in [0.717, 1.165) is 0 Å². The van der Waals surface area contributed by atoms with Crippen LogP contribution in [0, 0.1) is 0 Å². The second-order valence-electron chi connectivity index (χ2n) is 4.86. The number of hydrogen-bond donors (Lipinski definition) is 4. The maximum atomic E-state index is 12.1. The van der Waals surface area contributed by atoms with Gasteiger partial charge >= 0.3 is 5.97 Å². The van der Waals surface area contributed by atoms with Gasteiger partial charge in [-0.1, -0.05) is 12.1 Å². The molecular formula is C16H16N2O4. The minimum atomic E-state index is -1.13. The first-order chi connectivity index (χ1) is 10.5. The number of aliphatic carboxylic acids is 1. The smallest absolute Gasteiger partial charge is 0.326 e. The molecule has 2 rings (SSSR count). The Balaban J connectivity index is 2.08. The molecule has 5 N–H and O–H groups in total. The molecule has 0 fully saturated rings. The van der Waals surface area contributed by atoms with E-state index in [1.807, 2.05) is 0 Å². The standard InChI is InChI=1S/C16H16N2O4/c17-12-5-3-11(4-6-12)15(20)18-14(16(21)22)9-10-1-7-13(19)8-2-10/h1-8,14,19H,9,17H2,(H,18,20)(H,21,22). The molecule has 0 aromatic heterocycles. The summed E-state index contributed by atoms with van der Waals surface area (Å²) >= 11 is 0. The van der Waals surface area contributed by atoms with Gasteiger partial charge in [0.2, 0.25) is 0 Å². The lowest BCUT2D eigenvalue weighted by Crippen LogP contribution is -2.42. The number of carboxylic acid groups (broad SMARTS) is 1. The highest BCUT2D eigenvalue weighted by Crippen LogP contribution is 2.12. The summed E-state index contributed by atoms with van der Waals surface area (Å²) in [6.45, 7) is 0. The molecule has 0 aliphatic rings. The number of phenolic OH excluding ortho intramolecular Hbond substituents is 1. The Hall–Kier alpha value is -3.02. The fourth-order valence-corrected chi connectivity index (χ4v) is 1.94. The van der Waals surface area contributed by atoms with Gasteiger partial charge in [0.05, 0.1) is 0 Å². The van der Waals surface area contributed by atoms with Crippen LogP contribution < -0.4 is 11.1 Å². The van der Waals surface area contributed by atoms with Crippen molar-refractivity contribution < 1.29 is 19.8 Å². The van der Waals surface area contributed by atoms with Gasteiger partial charge in [0.15, 0.2) is 0 Å². The SMILES string of the molecule is Nc1ccc(C(=O)NC(Cc2ccc(O)cc2)C(=O)O)cc1. The molecule has 0 aliphatic heterocycles. The molecular weight excluding hydrogens is 284 g/mol. The molecule has 0 bridgehead atoms. The summed E-state index contributed by atoms with van der Waals surface area (Å²) in [7, 11) is 0. The van der Waals surface area contributed by atoms with Crippen molar-refractivity contribution >= 4 is 17.6 Å². The molecule has 114 valence electrons. The number of aromatic hydroxyl groups is 1. The average Bonchev–Trinajstić information content (AvgIpc) is 2.49. The maximum absolute atomic E-state index is 12.1. The monoisotopic (exact) mass is 300 g/mol. The fourth-order valence-electron chi connectivity index (χ4n) is 1.94. The molecule has 1 atom stereocenters. The van der Waals surface area contributed by atoms with Crippen molar-refractivity contribution in [3.63, 3.8) is 0 Å². The van der Waals surface area contributed by atoms with Gasteiger partial charge < -0.3 is 21.3 Å². The number of phenols is 1. The topological polar surface area (TPSA) is 113 Å². The lowest BCUT2D eigenvalue weighted by atomic mass is 10.1. The maximum Gasteiger partial charge on any atom is 0.326 e. The van der Waals surface area contributed by atoms with Crippen LogP contribution in [0.15, 0.2) is 48.5 Å². The van der Waals surface area contributed by atoms with Crippen molar-refractivity contribution in [1.82, 2.24) is 5.32 Å². The zero-order valence-corrected chi connectivity index (χ0v) is 11.7. The number of carbonyl (C=O) groups is 2. The molecule has 1 unspecified atom stereocenters. The predicted molar refractivity (Wildman–Crippen MR) is 81.6 cm³/mol. The van der Waals surface area contributed by atoms with Crippen molar-refractivity contribution in [2.45, 2.75) is 12.5 Å². The van der Waals surface area contributed by atoms with E-state index in [-0.39, 0.29) is 12.2 Å². The molecule has 22 heavy (non-hydrogen) atoms. The normalized spacial score (nSPS) is 11.6. The molecule has 2 aromatic rings. The van der Waals surface area contributed by atoms with Crippen LogP contribution >= 0.6 is 0 Å².